The number of nitrogens with zero attached hydrogens (tertiary/aromatic N) is 1. The topological polar surface area (TPSA) is 66.5 Å². The quantitative estimate of drug-likeness (QED) is 0.781. The van der Waals surface area contributed by atoms with Crippen LogP contribution in [0.4, 0.5) is 5.69 Å². The molecule has 2 heterocycles. The SMILES string of the molecule is Cc1ccccc1NC(=O)C1CCCN(S(=O)(=O)c2ccc(Br)s2)C1. The number of anilines is 1. The number of sulfonamides is 1. The largest absolute Gasteiger partial charge is 0.326 e. The summed E-state index contributed by atoms with van der Waals surface area (Å²) in [5.41, 5.74) is 1.76. The predicted octanol–water partition coefficient (Wildman–Crippen LogP) is 3.86. The van der Waals surface area contributed by atoms with Gasteiger partial charge in [0.15, 0.2) is 0 Å². The summed E-state index contributed by atoms with van der Waals surface area (Å²) in [6.45, 7) is 2.60. The Balaban J connectivity index is 1.73. The van der Waals surface area contributed by atoms with Gasteiger partial charge in [-0.1, -0.05) is 18.2 Å². The van der Waals surface area contributed by atoms with Gasteiger partial charge in [-0.25, -0.2) is 8.42 Å². The Morgan fingerprint density at radius 2 is 2.04 bits per heavy atom. The number of para-hydroxylation sites is 1. The fraction of sp³-hybridized carbons (Fsp3) is 0.353. The van der Waals surface area contributed by atoms with Crippen LogP contribution in [-0.2, 0) is 14.8 Å². The van der Waals surface area contributed by atoms with E-state index in [1.165, 1.54) is 15.6 Å². The molecular weight excluding hydrogens is 424 g/mol. The van der Waals surface area contributed by atoms with Gasteiger partial charge in [-0.05, 0) is 59.5 Å². The van der Waals surface area contributed by atoms with Crippen molar-refractivity contribution in [3.05, 3.63) is 45.7 Å². The van der Waals surface area contributed by atoms with Gasteiger partial charge in [0.05, 0.1) is 9.70 Å². The molecule has 1 unspecified atom stereocenters. The van der Waals surface area contributed by atoms with Gasteiger partial charge in [0.2, 0.25) is 5.91 Å². The van der Waals surface area contributed by atoms with Crippen molar-refractivity contribution in [2.45, 2.75) is 24.0 Å². The molecule has 0 radical (unpaired) electrons. The van der Waals surface area contributed by atoms with Crippen LogP contribution < -0.4 is 5.32 Å². The van der Waals surface area contributed by atoms with Crippen LogP contribution in [0.2, 0.25) is 0 Å². The lowest BCUT2D eigenvalue weighted by atomic mass is 9.98. The molecule has 1 aliphatic rings. The van der Waals surface area contributed by atoms with Crippen LogP contribution in [-0.4, -0.2) is 31.7 Å². The number of halogens is 1. The van der Waals surface area contributed by atoms with E-state index in [0.29, 0.717) is 23.6 Å². The summed E-state index contributed by atoms with van der Waals surface area (Å²) >= 11 is 4.49. The lowest BCUT2D eigenvalue weighted by molar-refractivity contribution is -0.120. The monoisotopic (exact) mass is 442 g/mol. The molecule has 8 heteroatoms. The highest BCUT2D eigenvalue weighted by molar-refractivity contribution is 9.11. The van der Waals surface area contributed by atoms with Crippen LogP contribution in [0.1, 0.15) is 18.4 Å². The van der Waals surface area contributed by atoms with E-state index in [-0.39, 0.29) is 18.4 Å². The molecule has 0 bridgehead atoms. The molecule has 2 aromatic rings. The second kappa shape index (κ2) is 7.57. The van der Waals surface area contributed by atoms with E-state index in [9.17, 15) is 13.2 Å². The van der Waals surface area contributed by atoms with Gasteiger partial charge < -0.3 is 5.32 Å². The second-order valence-electron chi connectivity index (χ2n) is 6.06. The van der Waals surface area contributed by atoms with Gasteiger partial charge in [-0.2, -0.15) is 4.31 Å². The first-order valence-corrected chi connectivity index (χ1v) is 11.0. The molecule has 1 saturated heterocycles. The smallest absolute Gasteiger partial charge is 0.252 e. The number of nitrogens with one attached hydrogen (secondary N) is 1. The van der Waals surface area contributed by atoms with E-state index in [4.69, 9.17) is 0 Å². The number of hydrogen-bond donors (Lipinski definition) is 1. The molecule has 5 nitrogen and oxygen atoms in total. The number of aryl methyl sites for hydroxylation is 1. The highest BCUT2D eigenvalue weighted by Gasteiger charge is 2.34. The minimum atomic E-state index is -3.55. The molecule has 3 rings (SSSR count). The van der Waals surface area contributed by atoms with Crippen LogP contribution in [0.25, 0.3) is 0 Å². The standard InChI is InChI=1S/C17H19BrN2O3S2/c1-12-5-2-3-7-14(12)19-17(21)13-6-4-10-20(11-13)25(22,23)16-9-8-15(18)24-16/h2-3,5,7-9,13H,4,6,10-11H2,1H3,(H,19,21). The molecule has 1 aromatic carbocycles. The van der Waals surface area contributed by atoms with Crippen molar-refractivity contribution in [2.75, 3.05) is 18.4 Å². The van der Waals surface area contributed by atoms with E-state index in [1.54, 1.807) is 12.1 Å². The summed E-state index contributed by atoms with van der Waals surface area (Å²) < 4.78 is 28.0. The number of piperidine rings is 1. The maximum Gasteiger partial charge on any atom is 0.252 e. The molecule has 25 heavy (non-hydrogen) atoms. The van der Waals surface area contributed by atoms with Crippen molar-refractivity contribution in [3.63, 3.8) is 0 Å². The molecule has 1 atom stereocenters. The van der Waals surface area contributed by atoms with Gasteiger partial charge in [0, 0.05) is 18.8 Å². The molecule has 1 fully saturated rings. The van der Waals surface area contributed by atoms with Gasteiger partial charge in [0.1, 0.15) is 4.21 Å². The molecule has 134 valence electrons. The van der Waals surface area contributed by atoms with E-state index in [1.807, 2.05) is 31.2 Å². The highest BCUT2D eigenvalue weighted by atomic mass is 79.9. The molecule has 1 aromatic heterocycles. The normalized spacial score (nSPS) is 18.9. The van der Waals surface area contributed by atoms with Crippen LogP contribution in [0, 0.1) is 12.8 Å². The van der Waals surface area contributed by atoms with Crippen molar-refractivity contribution >= 4 is 48.9 Å². The van der Waals surface area contributed by atoms with Crippen LogP contribution >= 0.6 is 27.3 Å². The number of amides is 1. The Hall–Kier alpha value is -1.22. The average molecular weight is 443 g/mol. The predicted molar refractivity (Wildman–Crippen MR) is 103 cm³/mol. The van der Waals surface area contributed by atoms with Crippen LogP contribution in [0.3, 0.4) is 0 Å². The zero-order chi connectivity index (χ0) is 18.0. The summed E-state index contributed by atoms with van der Waals surface area (Å²) in [5.74, 6) is -0.465. The van der Waals surface area contributed by atoms with Gasteiger partial charge in [0.25, 0.3) is 10.0 Å². The number of thiophene rings is 1. The number of hydrogen-bond acceptors (Lipinski definition) is 4. The van der Waals surface area contributed by atoms with E-state index in [0.717, 1.165) is 15.0 Å². The summed E-state index contributed by atoms with van der Waals surface area (Å²) in [4.78, 5) is 12.6. The van der Waals surface area contributed by atoms with Crippen LogP contribution in [0.5, 0.6) is 0 Å². The lowest BCUT2D eigenvalue weighted by Crippen LogP contribution is -2.43. The first-order valence-electron chi connectivity index (χ1n) is 8.00. The number of carbonyl (C=O) groups excluding carboxylic acids is 1. The molecule has 0 saturated carbocycles. The van der Waals surface area contributed by atoms with Crippen molar-refractivity contribution in [1.29, 1.82) is 0 Å². The Morgan fingerprint density at radius 3 is 2.72 bits per heavy atom. The second-order valence-corrected chi connectivity index (χ2v) is 10.7. The van der Waals surface area contributed by atoms with Crippen molar-refractivity contribution in [3.8, 4) is 0 Å². The minimum Gasteiger partial charge on any atom is -0.326 e. The summed E-state index contributed by atoms with van der Waals surface area (Å²) in [7, 11) is -3.55. The fourth-order valence-electron chi connectivity index (χ4n) is 2.89. The van der Waals surface area contributed by atoms with Gasteiger partial charge >= 0.3 is 0 Å². The lowest BCUT2D eigenvalue weighted by Gasteiger charge is -2.30. The highest BCUT2D eigenvalue weighted by Crippen LogP contribution is 2.31. The minimum absolute atomic E-state index is 0.124. The Kier molecular flexibility index (Phi) is 5.62. The molecule has 1 aliphatic heterocycles. The zero-order valence-electron chi connectivity index (χ0n) is 13.7. The summed E-state index contributed by atoms with van der Waals surface area (Å²) in [5, 5.41) is 2.93. The molecule has 0 spiro atoms. The number of carbonyl (C=O) groups is 1. The Bertz CT molecular complexity index is 880. The van der Waals surface area contributed by atoms with Gasteiger partial charge in [-0.15, -0.1) is 11.3 Å². The first kappa shape index (κ1) is 18.6. The maximum atomic E-state index is 12.8. The molecule has 0 aliphatic carbocycles. The maximum absolute atomic E-state index is 12.8. The number of benzene rings is 1. The van der Waals surface area contributed by atoms with Gasteiger partial charge in [-0.3, -0.25) is 4.79 Å². The third kappa shape index (κ3) is 4.13. The third-order valence-corrected chi connectivity index (χ3v) is 8.26. The van der Waals surface area contributed by atoms with Crippen molar-refractivity contribution < 1.29 is 13.2 Å². The van der Waals surface area contributed by atoms with E-state index < -0.39 is 10.0 Å². The molecular formula is C17H19BrN2O3S2. The third-order valence-electron chi connectivity index (χ3n) is 4.30. The molecule has 1 amide bonds. The average Bonchev–Trinajstić information content (AvgIpc) is 3.04. The molecule has 1 N–H and O–H groups in total. The van der Waals surface area contributed by atoms with E-state index >= 15 is 0 Å². The Labute approximate surface area is 160 Å². The Morgan fingerprint density at radius 1 is 1.28 bits per heavy atom. The zero-order valence-corrected chi connectivity index (χ0v) is 17.0. The first-order chi connectivity index (χ1) is 11.9. The van der Waals surface area contributed by atoms with Crippen molar-refractivity contribution in [1.82, 2.24) is 4.31 Å². The fourth-order valence-corrected chi connectivity index (χ4v) is 6.57. The van der Waals surface area contributed by atoms with Crippen LogP contribution in [0.15, 0.2) is 44.4 Å². The van der Waals surface area contributed by atoms with Crippen molar-refractivity contribution in [2.24, 2.45) is 5.92 Å². The summed E-state index contributed by atoms with van der Waals surface area (Å²) in [6.07, 6.45) is 1.37. The summed E-state index contributed by atoms with van der Waals surface area (Å²) in [6, 6.07) is 10.9. The number of rotatable bonds is 4. The van der Waals surface area contributed by atoms with E-state index in [2.05, 4.69) is 21.2 Å².